The molecule has 0 saturated carbocycles. The molecule has 1 aromatic rings. The van der Waals surface area contributed by atoms with E-state index in [1.165, 1.54) is 0 Å². The highest BCUT2D eigenvalue weighted by atomic mass is 16.5. The van der Waals surface area contributed by atoms with Crippen molar-refractivity contribution in [3.8, 4) is 0 Å². The molecule has 3 aliphatic rings. The van der Waals surface area contributed by atoms with Crippen molar-refractivity contribution in [1.29, 1.82) is 0 Å². The Labute approximate surface area is 123 Å². The van der Waals surface area contributed by atoms with Crippen LogP contribution in [0.1, 0.15) is 31.7 Å². The van der Waals surface area contributed by atoms with Crippen LogP contribution in [0.15, 0.2) is 12.7 Å². The molecule has 7 nitrogen and oxygen atoms in total. The third-order valence-corrected chi connectivity index (χ3v) is 4.88. The zero-order valence-electron chi connectivity index (χ0n) is 12.0. The molecule has 114 valence electrons. The van der Waals surface area contributed by atoms with Gasteiger partial charge >= 0.3 is 0 Å². The van der Waals surface area contributed by atoms with Gasteiger partial charge in [-0.05, 0) is 19.3 Å². The molecule has 0 aliphatic carbocycles. The summed E-state index contributed by atoms with van der Waals surface area (Å²) in [5.74, 6) is 0.140. The third-order valence-electron chi connectivity index (χ3n) is 4.88. The van der Waals surface area contributed by atoms with Gasteiger partial charge in [0.25, 0.3) is 5.91 Å². The maximum Gasteiger partial charge on any atom is 0.251 e. The number of carbonyl (C=O) groups is 1. The monoisotopic (exact) mass is 292 g/mol. The van der Waals surface area contributed by atoms with Gasteiger partial charge in [0.05, 0.1) is 18.2 Å². The number of likely N-dealkylation sites (tertiary alicyclic amines) is 1. The zero-order chi connectivity index (χ0) is 14.3. The molecule has 0 bridgehead atoms. The summed E-state index contributed by atoms with van der Waals surface area (Å²) in [5.41, 5.74) is -0.191. The number of nitrogens with zero attached hydrogens (tertiary/aromatic N) is 4. The summed E-state index contributed by atoms with van der Waals surface area (Å²) in [6.07, 6.45) is 6.91. The van der Waals surface area contributed by atoms with Crippen LogP contribution in [0.4, 0.5) is 0 Å². The summed E-state index contributed by atoms with van der Waals surface area (Å²) >= 11 is 0. The molecule has 4 heterocycles. The summed E-state index contributed by atoms with van der Waals surface area (Å²) in [6.45, 7) is 2.83. The number of ether oxygens (including phenoxy) is 2. The van der Waals surface area contributed by atoms with Crippen molar-refractivity contribution < 1.29 is 14.3 Å². The SMILES string of the molecule is O=C([C@H]1CCCO1)N1CC[C@]2(C[C@H](n3cnnc3)CO2)C1. The van der Waals surface area contributed by atoms with Gasteiger partial charge in [-0.25, -0.2) is 0 Å². The van der Waals surface area contributed by atoms with Crippen molar-refractivity contribution in [2.24, 2.45) is 0 Å². The molecule has 4 rings (SSSR count). The maximum atomic E-state index is 12.4. The van der Waals surface area contributed by atoms with Gasteiger partial charge in [-0.2, -0.15) is 0 Å². The number of carbonyl (C=O) groups excluding carboxylic acids is 1. The predicted octanol–water partition coefficient (Wildman–Crippen LogP) is 0.390. The second-order valence-electron chi connectivity index (χ2n) is 6.27. The smallest absolute Gasteiger partial charge is 0.251 e. The Kier molecular flexibility index (Phi) is 3.19. The summed E-state index contributed by atoms with van der Waals surface area (Å²) in [5, 5.41) is 7.71. The van der Waals surface area contributed by atoms with Crippen molar-refractivity contribution >= 4 is 5.91 Å². The number of aromatic nitrogens is 3. The van der Waals surface area contributed by atoms with Crippen molar-refractivity contribution in [1.82, 2.24) is 19.7 Å². The third kappa shape index (κ3) is 2.34. The van der Waals surface area contributed by atoms with E-state index in [0.29, 0.717) is 19.8 Å². The molecule has 1 aromatic heterocycles. The fourth-order valence-electron chi connectivity index (χ4n) is 3.70. The van der Waals surface area contributed by atoms with E-state index in [1.807, 2.05) is 9.47 Å². The van der Waals surface area contributed by atoms with E-state index < -0.39 is 0 Å². The van der Waals surface area contributed by atoms with Gasteiger partial charge in [-0.15, -0.1) is 10.2 Å². The molecular formula is C14H20N4O3. The van der Waals surface area contributed by atoms with E-state index in [2.05, 4.69) is 10.2 Å². The molecular weight excluding hydrogens is 272 g/mol. The average molecular weight is 292 g/mol. The summed E-state index contributed by atoms with van der Waals surface area (Å²) in [6, 6.07) is 0.276. The molecule has 0 N–H and O–H groups in total. The molecule has 0 unspecified atom stereocenters. The fraction of sp³-hybridized carbons (Fsp3) is 0.786. The Morgan fingerprint density at radius 1 is 1.33 bits per heavy atom. The van der Waals surface area contributed by atoms with Gasteiger partial charge in [-0.1, -0.05) is 0 Å². The van der Waals surface area contributed by atoms with E-state index >= 15 is 0 Å². The van der Waals surface area contributed by atoms with Crippen LogP contribution in [-0.4, -0.2) is 63.6 Å². The summed E-state index contributed by atoms with van der Waals surface area (Å²) in [7, 11) is 0. The normalized spacial score (nSPS) is 35.9. The molecule has 3 saturated heterocycles. The molecule has 21 heavy (non-hydrogen) atoms. The number of rotatable bonds is 2. The lowest BCUT2D eigenvalue weighted by Gasteiger charge is -2.24. The van der Waals surface area contributed by atoms with Gasteiger partial charge in [0.1, 0.15) is 18.8 Å². The van der Waals surface area contributed by atoms with E-state index in [0.717, 1.165) is 32.2 Å². The topological polar surface area (TPSA) is 69.5 Å². The number of hydrogen-bond acceptors (Lipinski definition) is 5. The Hall–Kier alpha value is -1.47. The lowest BCUT2D eigenvalue weighted by atomic mass is 9.97. The van der Waals surface area contributed by atoms with Crippen LogP contribution in [0.5, 0.6) is 0 Å². The Morgan fingerprint density at radius 3 is 2.95 bits per heavy atom. The molecule has 0 radical (unpaired) electrons. The van der Waals surface area contributed by atoms with Crippen LogP contribution in [-0.2, 0) is 14.3 Å². The van der Waals surface area contributed by atoms with E-state index in [4.69, 9.17) is 9.47 Å². The number of amides is 1. The number of hydrogen-bond donors (Lipinski definition) is 0. The van der Waals surface area contributed by atoms with Gasteiger partial charge in [0.2, 0.25) is 0 Å². The molecule has 1 spiro atoms. The van der Waals surface area contributed by atoms with Crippen molar-refractivity contribution in [3.05, 3.63) is 12.7 Å². The van der Waals surface area contributed by atoms with Gasteiger partial charge in [0, 0.05) is 26.1 Å². The van der Waals surface area contributed by atoms with E-state index in [-0.39, 0.29) is 23.7 Å². The molecule has 0 aromatic carbocycles. The van der Waals surface area contributed by atoms with Crippen molar-refractivity contribution in [2.75, 3.05) is 26.3 Å². The first kappa shape index (κ1) is 13.2. The maximum absolute atomic E-state index is 12.4. The molecule has 3 atom stereocenters. The van der Waals surface area contributed by atoms with Crippen LogP contribution < -0.4 is 0 Å². The molecule has 3 fully saturated rings. The second-order valence-corrected chi connectivity index (χ2v) is 6.27. The minimum absolute atomic E-state index is 0.140. The highest BCUT2D eigenvalue weighted by Crippen LogP contribution is 2.40. The van der Waals surface area contributed by atoms with Gasteiger partial charge in [0.15, 0.2) is 0 Å². The molecule has 7 heteroatoms. The quantitative estimate of drug-likeness (QED) is 0.788. The van der Waals surface area contributed by atoms with Gasteiger partial charge < -0.3 is 18.9 Å². The van der Waals surface area contributed by atoms with Crippen molar-refractivity contribution in [2.45, 2.75) is 43.4 Å². The summed E-state index contributed by atoms with van der Waals surface area (Å²) < 4.78 is 13.6. The molecule has 1 amide bonds. The fourth-order valence-corrected chi connectivity index (χ4v) is 3.70. The minimum atomic E-state index is -0.227. The Morgan fingerprint density at radius 2 is 2.19 bits per heavy atom. The van der Waals surface area contributed by atoms with Crippen molar-refractivity contribution in [3.63, 3.8) is 0 Å². The molecule has 3 aliphatic heterocycles. The average Bonchev–Trinajstić information content (AvgIpc) is 3.29. The van der Waals surface area contributed by atoms with Crippen LogP contribution in [0, 0.1) is 0 Å². The van der Waals surface area contributed by atoms with Gasteiger partial charge in [-0.3, -0.25) is 4.79 Å². The second kappa shape index (κ2) is 5.06. The van der Waals surface area contributed by atoms with E-state index in [1.54, 1.807) is 12.7 Å². The zero-order valence-corrected chi connectivity index (χ0v) is 12.0. The summed E-state index contributed by atoms with van der Waals surface area (Å²) in [4.78, 5) is 14.3. The first-order valence-corrected chi connectivity index (χ1v) is 7.64. The standard InChI is InChI=1S/C14H20N4O3/c19-13(12-2-1-5-20-12)17-4-3-14(8-17)6-11(7-21-14)18-9-15-16-10-18/h9-12H,1-8H2/t11-,12+,14-/m0/s1. The largest absolute Gasteiger partial charge is 0.371 e. The highest BCUT2D eigenvalue weighted by Gasteiger charge is 2.48. The predicted molar refractivity (Wildman–Crippen MR) is 72.5 cm³/mol. The lowest BCUT2D eigenvalue weighted by Crippen LogP contribution is -2.40. The first-order chi connectivity index (χ1) is 10.3. The highest BCUT2D eigenvalue weighted by molar-refractivity contribution is 5.81. The van der Waals surface area contributed by atoms with Crippen LogP contribution in [0.25, 0.3) is 0 Å². The van der Waals surface area contributed by atoms with E-state index in [9.17, 15) is 4.79 Å². The van der Waals surface area contributed by atoms with Crippen LogP contribution in [0.2, 0.25) is 0 Å². The lowest BCUT2D eigenvalue weighted by molar-refractivity contribution is -0.140. The Bertz CT molecular complexity index is 514. The first-order valence-electron chi connectivity index (χ1n) is 7.64. The minimum Gasteiger partial charge on any atom is -0.371 e. The Balaban J connectivity index is 1.40. The van der Waals surface area contributed by atoms with Crippen LogP contribution >= 0.6 is 0 Å². The van der Waals surface area contributed by atoms with Crippen LogP contribution in [0.3, 0.4) is 0 Å².